The van der Waals surface area contributed by atoms with E-state index in [1.54, 1.807) is 30.3 Å². The van der Waals surface area contributed by atoms with Gasteiger partial charge in [0.2, 0.25) is 5.91 Å². The van der Waals surface area contributed by atoms with Crippen molar-refractivity contribution in [2.75, 3.05) is 33.2 Å². The summed E-state index contributed by atoms with van der Waals surface area (Å²) in [5, 5.41) is 16.7. The van der Waals surface area contributed by atoms with E-state index in [2.05, 4.69) is 10.6 Å². The Morgan fingerprint density at radius 3 is 2.31 bits per heavy atom. The number of nitrogens with zero attached hydrogens (tertiary/aromatic N) is 1. The van der Waals surface area contributed by atoms with Crippen LogP contribution in [0.25, 0.3) is 0 Å². The smallest absolute Gasteiger partial charge is 0.307 e. The molecule has 0 aliphatic rings. The average Bonchev–Trinajstić information content (AvgIpc) is 2.81. The van der Waals surface area contributed by atoms with E-state index >= 15 is 0 Å². The molecular formula is C22H27N3O7. The third kappa shape index (κ3) is 7.15. The molecular weight excluding hydrogens is 418 g/mol. The van der Waals surface area contributed by atoms with Crippen LogP contribution in [-0.4, -0.2) is 44.7 Å². The molecule has 1 amide bonds. The maximum Gasteiger partial charge on any atom is 0.307 e. The van der Waals surface area contributed by atoms with Crippen molar-refractivity contribution >= 4 is 23.3 Å². The molecule has 172 valence electrons. The number of methoxy groups -OCH3 is 3. The second-order valence-corrected chi connectivity index (χ2v) is 6.85. The fourth-order valence-electron chi connectivity index (χ4n) is 3.02. The molecule has 2 N–H and O–H groups in total. The van der Waals surface area contributed by atoms with Gasteiger partial charge in [-0.25, -0.2) is 0 Å². The van der Waals surface area contributed by atoms with E-state index in [0.29, 0.717) is 30.0 Å². The molecule has 2 aromatic rings. The standard InChI is InChI=1S/C22H27N3O7/c1-30-19-11-6-15(13-20(19)31-2)18(14-22(27)32-3)24-21(26)5-4-12-23-16-7-9-17(10-8-16)25(28)29/h6-11,13,18,23H,4-5,12,14H2,1-3H3,(H,24,26). The Bertz CT molecular complexity index is 932. The van der Waals surface area contributed by atoms with Crippen molar-refractivity contribution < 1.29 is 28.7 Å². The van der Waals surface area contributed by atoms with E-state index in [0.717, 1.165) is 5.69 Å². The zero-order valence-corrected chi connectivity index (χ0v) is 18.3. The number of hydrogen-bond acceptors (Lipinski definition) is 8. The zero-order chi connectivity index (χ0) is 23.5. The second-order valence-electron chi connectivity index (χ2n) is 6.85. The molecule has 0 radical (unpaired) electrons. The average molecular weight is 445 g/mol. The molecule has 0 fully saturated rings. The molecule has 0 aromatic heterocycles. The number of ether oxygens (including phenoxy) is 3. The first kappa shape index (κ1) is 24.4. The summed E-state index contributed by atoms with van der Waals surface area (Å²) in [7, 11) is 4.32. The predicted molar refractivity (Wildman–Crippen MR) is 118 cm³/mol. The third-order valence-electron chi connectivity index (χ3n) is 4.73. The Labute approximate surface area is 186 Å². The number of hydrogen-bond donors (Lipinski definition) is 2. The highest BCUT2D eigenvalue weighted by molar-refractivity contribution is 5.78. The molecule has 1 atom stereocenters. The molecule has 0 aliphatic heterocycles. The number of nitro benzene ring substituents is 1. The lowest BCUT2D eigenvalue weighted by molar-refractivity contribution is -0.384. The highest BCUT2D eigenvalue weighted by Gasteiger charge is 2.20. The first-order chi connectivity index (χ1) is 15.4. The number of anilines is 1. The van der Waals surface area contributed by atoms with Crippen LogP contribution in [0.1, 0.15) is 30.9 Å². The Balaban J connectivity index is 1.93. The molecule has 0 saturated carbocycles. The molecule has 0 bridgehead atoms. The van der Waals surface area contributed by atoms with Crippen LogP contribution in [0.4, 0.5) is 11.4 Å². The van der Waals surface area contributed by atoms with Crippen LogP contribution in [0.5, 0.6) is 11.5 Å². The van der Waals surface area contributed by atoms with Gasteiger partial charge in [0.15, 0.2) is 11.5 Å². The summed E-state index contributed by atoms with van der Waals surface area (Å²) in [4.78, 5) is 34.6. The lowest BCUT2D eigenvalue weighted by Gasteiger charge is -2.20. The van der Waals surface area contributed by atoms with Crippen LogP contribution in [0.15, 0.2) is 42.5 Å². The van der Waals surface area contributed by atoms with Crippen molar-refractivity contribution in [3.63, 3.8) is 0 Å². The van der Waals surface area contributed by atoms with Crippen molar-refractivity contribution in [3.05, 3.63) is 58.1 Å². The van der Waals surface area contributed by atoms with Crippen molar-refractivity contribution in [1.29, 1.82) is 0 Å². The number of carbonyl (C=O) groups excluding carboxylic acids is 2. The molecule has 32 heavy (non-hydrogen) atoms. The fraction of sp³-hybridized carbons (Fsp3) is 0.364. The van der Waals surface area contributed by atoms with Crippen LogP contribution in [0, 0.1) is 10.1 Å². The van der Waals surface area contributed by atoms with Crippen molar-refractivity contribution in [2.24, 2.45) is 0 Å². The van der Waals surface area contributed by atoms with Gasteiger partial charge >= 0.3 is 5.97 Å². The molecule has 10 nitrogen and oxygen atoms in total. The van der Waals surface area contributed by atoms with E-state index in [9.17, 15) is 19.7 Å². The summed E-state index contributed by atoms with van der Waals surface area (Å²) in [6.45, 7) is 0.503. The number of esters is 1. The maximum atomic E-state index is 12.5. The lowest BCUT2D eigenvalue weighted by Crippen LogP contribution is -2.30. The summed E-state index contributed by atoms with van der Waals surface area (Å²) in [5.74, 6) is 0.349. The first-order valence-electron chi connectivity index (χ1n) is 9.94. The first-order valence-corrected chi connectivity index (χ1v) is 9.94. The van der Waals surface area contributed by atoms with Gasteiger partial charge in [0.05, 0.1) is 38.7 Å². The summed E-state index contributed by atoms with van der Waals surface area (Å²) < 4.78 is 15.3. The number of nitro groups is 1. The van der Waals surface area contributed by atoms with Crippen molar-refractivity contribution in [1.82, 2.24) is 5.32 Å². The van der Waals surface area contributed by atoms with E-state index in [1.165, 1.54) is 33.5 Å². The largest absolute Gasteiger partial charge is 0.493 e. The predicted octanol–water partition coefficient (Wildman–Crippen LogP) is 3.22. The molecule has 1 unspecified atom stereocenters. The van der Waals surface area contributed by atoms with E-state index < -0.39 is 16.9 Å². The topological polar surface area (TPSA) is 129 Å². The zero-order valence-electron chi connectivity index (χ0n) is 18.3. The number of rotatable bonds is 12. The second kappa shape index (κ2) is 12.1. The normalized spacial score (nSPS) is 11.2. The number of benzene rings is 2. The number of non-ortho nitro benzene ring substituents is 1. The Morgan fingerprint density at radius 2 is 1.72 bits per heavy atom. The van der Waals surface area contributed by atoms with Crippen molar-refractivity contribution in [3.8, 4) is 11.5 Å². The van der Waals surface area contributed by atoms with E-state index in [1.807, 2.05) is 0 Å². The Kier molecular flexibility index (Phi) is 9.27. The highest BCUT2D eigenvalue weighted by atomic mass is 16.6. The molecule has 10 heteroatoms. The van der Waals surface area contributed by atoms with Gasteiger partial charge in [0, 0.05) is 30.8 Å². The summed E-state index contributed by atoms with van der Waals surface area (Å²) in [6, 6.07) is 10.6. The van der Waals surface area contributed by atoms with Gasteiger partial charge in [-0.1, -0.05) is 6.07 Å². The van der Waals surface area contributed by atoms with E-state index in [4.69, 9.17) is 14.2 Å². The van der Waals surface area contributed by atoms with Crippen LogP contribution < -0.4 is 20.1 Å². The van der Waals surface area contributed by atoms with Crippen LogP contribution in [0.3, 0.4) is 0 Å². The number of nitrogens with one attached hydrogen (secondary N) is 2. The molecule has 2 aromatic carbocycles. The Morgan fingerprint density at radius 1 is 1.03 bits per heavy atom. The van der Waals surface area contributed by atoms with Gasteiger partial charge in [-0.05, 0) is 36.2 Å². The van der Waals surface area contributed by atoms with Gasteiger partial charge in [0.1, 0.15) is 0 Å². The summed E-state index contributed by atoms with van der Waals surface area (Å²) >= 11 is 0. The molecule has 0 aliphatic carbocycles. The van der Waals surface area contributed by atoms with Gasteiger partial charge < -0.3 is 24.8 Å². The molecule has 0 heterocycles. The minimum absolute atomic E-state index is 0.0155. The van der Waals surface area contributed by atoms with Gasteiger partial charge in [-0.15, -0.1) is 0 Å². The van der Waals surface area contributed by atoms with Gasteiger partial charge in [-0.3, -0.25) is 19.7 Å². The molecule has 2 rings (SSSR count). The highest BCUT2D eigenvalue weighted by Crippen LogP contribution is 2.31. The summed E-state index contributed by atoms with van der Waals surface area (Å²) in [5.41, 5.74) is 1.43. The van der Waals surface area contributed by atoms with Crippen LogP contribution >= 0.6 is 0 Å². The van der Waals surface area contributed by atoms with Crippen LogP contribution in [0.2, 0.25) is 0 Å². The maximum absolute atomic E-state index is 12.5. The molecule has 0 spiro atoms. The van der Waals surface area contributed by atoms with E-state index in [-0.39, 0.29) is 24.4 Å². The minimum Gasteiger partial charge on any atom is -0.493 e. The van der Waals surface area contributed by atoms with Crippen molar-refractivity contribution in [2.45, 2.75) is 25.3 Å². The van der Waals surface area contributed by atoms with Gasteiger partial charge in [0.25, 0.3) is 5.69 Å². The molecule has 0 saturated heterocycles. The quantitative estimate of drug-likeness (QED) is 0.220. The summed E-state index contributed by atoms with van der Waals surface area (Å²) in [6.07, 6.45) is 0.726. The monoisotopic (exact) mass is 445 g/mol. The number of amides is 1. The lowest BCUT2D eigenvalue weighted by atomic mass is 10.0. The third-order valence-corrected chi connectivity index (χ3v) is 4.73. The Hall–Kier alpha value is -3.82. The number of carbonyl (C=O) groups is 2. The fourth-order valence-corrected chi connectivity index (χ4v) is 3.02. The van der Waals surface area contributed by atoms with Gasteiger partial charge in [-0.2, -0.15) is 0 Å². The SMILES string of the molecule is COC(=O)CC(NC(=O)CCCNc1ccc([N+](=O)[O-])cc1)c1ccc(OC)c(OC)c1. The van der Waals surface area contributed by atoms with Crippen LogP contribution in [-0.2, 0) is 14.3 Å². The minimum atomic E-state index is -0.586.